The molecule has 0 aliphatic carbocycles. The predicted octanol–water partition coefficient (Wildman–Crippen LogP) is 3.00. The van der Waals surface area contributed by atoms with E-state index in [0.29, 0.717) is 5.69 Å². The number of aromatic nitrogens is 1. The van der Waals surface area contributed by atoms with E-state index in [-0.39, 0.29) is 13.2 Å². The van der Waals surface area contributed by atoms with Gasteiger partial charge < -0.3 is 9.88 Å². The second-order valence-corrected chi connectivity index (χ2v) is 4.44. The summed E-state index contributed by atoms with van der Waals surface area (Å²) in [6.07, 6.45) is 1.07. The number of likely N-dealkylation sites (N-methyl/N-ethyl adjacent to an activating group) is 1. The molecule has 1 aromatic carbocycles. The number of carbonyl (C=O) groups is 1. The van der Waals surface area contributed by atoms with Gasteiger partial charge in [-0.3, -0.25) is 4.79 Å². The van der Waals surface area contributed by atoms with E-state index in [1.807, 2.05) is 6.07 Å². The van der Waals surface area contributed by atoms with Crippen LogP contribution >= 0.6 is 0 Å². The Hall–Kier alpha value is -1.77. The Balaban J connectivity index is 0.00000108. The fourth-order valence-corrected chi connectivity index (χ4v) is 2.46. The van der Waals surface area contributed by atoms with Crippen LogP contribution in [0.25, 0.3) is 10.9 Å². The van der Waals surface area contributed by atoms with Gasteiger partial charge in [-0.05, 0) is 30.2 Å². The molecule has 3 nitrogen and oxygen atoms in total. The van der Waals surface area contributed by atoms with Crippen molar-refractivity contribution in [2.24, 2.45) is 0 Å². The topological polar surface area (TPSA) is 36.1 Å². The number of fused-ring (bicyclic) bond motifs is 3. The summed E-state index contributed by atoms with van der Waals surface area (Å²) in [4.78, 5) is 16.8. The average Bonchev–Trinajstić information content (AvgIpc) is 2.81. The lowest BCUT2D eigenvalue weighted by Crippen LogP contribution is -2.12. The van der Waals surface area contributed by atoms with Gasteiger partial charge in [-0.2, -0.15) is 0 Å². The lowest BCUT2D eigenvalue weighted by atomic mass is 10.1. The van der Waals surface area contributed by atoms with Gasteiger partial charge in [0.2, 0.25) is 0 Å². The molecule has 0 amide bonds. The zero-order valence-corrected chi connectivity index (χ0v) is 9.50. The first kappa shape index (κ1) is 11.7. The fraction of sp³-hybridized carbons (Fsp3) is 0.357. The molecule has 0 bridgehead atoms. The van der Waals surface area contributed by atoms with Crippen molar-refractivity contribution in [1.82, 2.24) is 4.98 Å². The van der Waals surface area contributed by atoms with E-state index in [9.17, 15) is 4.79 Å². The van der Waals surface area contributed by atoms with Gasteiger partial charge in [0.05, 0.1) is 5.69 Å². The largest absolute Gasteiger partial charge is 0.374 e. The number of nitrogens with one attached hydrogen (secondary N) is 1. The molecule has 2 aromatic rings. The van der Waals surface area contributed by atoms with Gasteiger partial charge >= 0.3 is 0 Å². The molecule has 1 aliphatic rings. The van der Waals surface area contributed by atoms with Crippen LogP contribution in [0, 0.1) is 0 Å². The third-order valence-corrected chi connectivity index (χ3v) is 3.38. The van der Waals surface area contributed by atoms with Crippen LogP contribution in [0.4, 0.5) is 5.69 Å². The number of aromatic amines is 1. The SMILES string of the molecule is C.CC(=O)c1cc2c3c(ccc2[nH]1)N(C)CC3. The second-order valence-electron chi connectivity index (χ2n) is 4.44. The number of hydrogen-bond acceptors (Lipinski definition) is 2. The Morgan fingerprint density at radius 1 is 1.41 bits per heavy atom. The molecule has 0 fully saturated rings. The first-order chi connectivity index (χ1) is 7.66. The van der Waals surface area contributed by atoms with Crippen molar-refractivity contribution < 1.29 is 4.79 Å². The first-order valence-corrected chi connectivity index (χ1v) is 5.53. The summed E-state index contributed by atoms with van der Waals surface area (Å²) in [5.74, 6) is 0.0938. The van der Waals surface area contributed by atoms with Crippen molar-refractivity contribution in [3.8, 4) is 0 Å². The van der Waals surface area contributed by atoms with Crippen molar-refractivity contribution in [2.45, 2.75) is 20.8 Å². The molecule has 90 valence electrons. The number of nitrogens with zero attached hydrogens (tertiary/aromatic N) is 1. The van der Waals surface area contributed by atoms with E-state index < -0.39 is 0 Å². The van der Waals surface area contributed by atoms with Crippen LogP contribution in [0.15, 0.2) is 18.2 Å². The summed E-state index contributed by atoms with van der Waals surface area (Å²) in [5.41, 5.74) is 4.43. The highest BCUT2D eigenvalue weighted by molar-refractivity contribution is 6.00. The normalized spacial score (nSPS) is 13.6. The van der Waals surface area contributed by atoms with Gasteiger partial charge in [-0.25, -0.2) is 0 Å². The van der Waals surface area contributed by atoms with Crippen LogP contribution in [-0.4, -0.2) is 24.4 Å². The molecule has 1 aliphatic heterocycles. The molecule has 0 saturated carbocycles. The van der Waals surface area contributed by atoms with E-state index >= 15 is 0 Å². The molecular formula is C14H18N2O. The molecule has 3 heteroatoms. The highest BCUT2D eigenvalue weighted by atomic mass is 16.1. The lowest BCUT2D eigenvalue weighted by molar-refractivity contribution is 0.101. The Labute approximate surface area is 101 Å². The van der Waals surface area contributed by atoms with Crippen LogP contribution in [0.3, 0.4) is 0 Å². The number of carbonyl (C=O) groups excluding carboxylic acids is 1. The number of H-pyrrole nitrogens is 1. The highest BCUT2D eigenvalue weighted by Gasteiger charge is 2.19. The van der Waals surface area contributed by atoms with Crippen LogP contribution in [0.1, 0.15) is 30.4 Å². The van der Waals surface area contributed by atoms with Gasteiger partial charge in [0, 0.05) is 37.1 Å². The maximum atomic E-state index is 11.3. The van der Waals surface area contributed by atoms with Crippen LogP contribution in [-0.2, 0) is 6.42 Å². The van der Waals surface area contributed by atoms with Crippen molar-refractivity contribution in [3.63, 3.8) is 0 Å². The van der Waals surface area contributed by atoms with Crippen molar-refractivity contribution in [1.29, 1.82) is 0 Å². The fourth-order valence-electron chi connectivity index (χ4n) is 2.46. The van der Waals surface area contributed by atoms with E-state index in [1.165, 1.54) is 16.6 Å². The average molecular weight is 230 g/mol. The van der Waals surface area contributed by atoms with E-state index in [2.05, 4.69) is 29.1 Å². The van der Waals surface area contributed by atoms with Crippen molar-refractivity contribution >= 4 is 22.4 Å². The highest BCUT2D eigenvalue weighted by Crippen LogP contribution is 2.33. The smallest absolute Gasteiger partial charge is 0.175 e. The molecule has 0 spiro atoms. The second kappa shape index (κ2) is 3.91. The Morgan fingerprint density at radius 2 is 2.18 bits per heavy atom. The summed E-state index contributed by atoms with van der Waals surface area (Å²) >= 11 is 0. The van der Waals surface area contributed by atoms with Crippen molar-refractivity contribution in [2.75, 3.05) is 18.5 Å². The number of hydrogen-bond donors (Lipinski definition) is 1. The summed E-state index contributed by atoms with van der Waals surface area (Å²) in [7, 11) is 2.11. The molecule has 17 heavy (non-hydrogen) atoms. The number of ketones is 1. The molecule has 0 saturated heterocycles. The van der Waals surface area contributed by atoms with E-state index in [4.69, 9.17) is 0 Å². The molecular weight excluding hydrogens is 212 g/mol. The summed E-state index contributed by atoms with van der Waals surface area (Å²) in [6.45, 7) is 2.66. The maximum absolute atomic E-state index is 11.3. The molecule has 3 rings (SSSR count). The Morgan fingerprint density at radius 3 is 2.88 bits per heavy atom. The Kier molecular flexibility index (Phi) is 2.69. The van der Waals surface area contributed by atoms with Crippen molar-refractivity contribution in [3.05, 3.63) is 29.5 Å². The third kappa shape index (κ3) is 1.62. The summed E-state index contributed by atoms with van der Waals surface area (Å²) in [6, 6.07) is 6.17. The standard InChI is InChI=1S/C13H14N2O.CH4/c1-8(16)12-7-10-9-5-6-15(2)13(9)4-3-11(10)14-12;/h3-4,7,14H,5-6H2,1-2H3;1H4. The molecule has 0 unspecified atom stereocenters. The maximum Gasteiger partial charge on any atom is 0.175 e. The minimum absolute atomic E-state index is 0. The Bertz CT molecular complexity index is 583. The zero-order chi connectivity index (χ0) is 11.3. The first-order valence-electron chi connectivity index (χ1n) is 5.53. The lowest BCUT2D eigenvalue weighted by Gasteiger charge is -2.11. The molecule has 0 radical (unpaired) electrons. The molecule has 2 heterocycles. The zero-order valence-electron chi connectivity index (χ0n) is 9.50. The number of rotatable bonds is 1. The van der Waals surface area contributed by atoms with Gasteiger partial charge in [-0.1, -0.05) is 7.43 Å². The minimum atomic E-state index is 0. The minimum Gasteiger partial charge on any atom is -0.374 e. The van der Waals surface area contributed by atoms with Gasteiger partial charge in [0.15, 0.2) is 5.78 Å². The van der Waals surface area contributed by atoms with Gasteiger partial charge in [0.25, 0.3) is 0 Å². The van der Waals surface area contributed by atoms with E-state index in [1.54, 1.807) is 6.92 Å². The van der Waals surface area contributed by atoms with Crippen LogP contribution < -0.4 is 4.90 Å². The van der Waals surface area contributed by atoms with Crippen LogP contribution in [0.5, 0.6) is 0 Å². The molecule has 1 N–H and O–H groups in total. The number of Topliss-reactive ketones (excluding diaryl/α,β-unsaturated/α-hetero) is 1. The monoisotopic (exact) mass is 230 g/mol. The summed E-state index contributed by atoms with van der Waals surface area (Å²) < 4.78 is 0. The number of anilines is 1. The third-order valence-electron chi connectivity index (χ3n) is 3.38. The van der Waals surface area contributed by atoms with Crippen LogP contribution in [0.2, 0.25) is 0 Å². The van der Waals surface area contributed by atoms with Gasteiger partial charge in [-0.15, -0.1) is 0 Å². The predicted molar refractivity (Wildman–Crippen MR) is 72.0 cm³/mol. The molecule has 1 aromatic heterocycles. The quantitative estimate of drug-likeness (QED) is 0.764. The molecule has 0 atom stereocenters. The van der Waals surface area contributed by atoms with E-state index in [0.717, 1.165) is 18.5 Å². The summed E-state index contributed by atoms with van der Waals surface area (Å²) in [5, 5.41) is 1.20. The van der Waals surface area contributed by atoms with Gasteiger partial charge in [0.1, 0.15) is 0 Å². The number of benzene rings is 1.